The van der Waals surface area contributed by atoms with E-state index in [2.05, 4.69) is 17.2 Å². The SMILES string of the molecule is C=CCn1ccc2ccc(/C(N)=C/C=N)cc21. The smallest absolute Gasteiger partial charge is 0.0489 e. The number of aromatic nitrogens is 1. The number of allylic oxidation sites excluding steroid dienone is 2. The van der Waals surface area contributed by atoms with E-state index in [-0.39, 0.29) is 0 Å². The van der Waals surface area contributed by atoms with Crippen molar-refractivity contribution in [3.8, 4) is 0 Å². The molecule has 0 spiro atoms. The summed E-state index contributed by atoms with van der Waals surface area (Å²) in [4.78, 5) is 0. The van der Waals surface area contributed by atoms with Gasteiger partial charge in [0.1, 0.15) is 0 Å². The Morgan fingerprint density at radius 3 is 2.94 bits per heavy atom. The van der Waals surface area contributed by atoms with Gasteiger partial charge in [-0.15, -0.1) is 6.58 Å². The van der Waals surface area contributed by atoms with Crippen LogP contribution < -0.4 is 5.73 Å². The second kappa shape index (κ2) is 4.70. The molecule has 0 radical (unpaired) electrons. The van der Waals surface area contributed by atoms with Crippen LogP contribution in [0.3, 0.4) is 0 Å². The lowest BCUT2D eigenvalue weighted by molar-refractivity contribution is 0.865. The van der Waals surface area contributed by atoms with Gasteiger partial charge in [-0.1, -0.05) is 18.2 Å². The maximum atomic E-state index is 7.02. The van der Waals surface area contributed by atoms with Crippen LogP contribution in [-0.4, -0.2) is 10.8 Å². The number of nitrogens with zero attached hydrogens (tertiary/aromatic N) is 1. The highest BCUT2D eigenvalue weighted by molar-refractivity contribution is 5.87. The Morgan fingerprint density at radius 1 is 1.41 bits per heavy atom. The molecule has 1 aromatic heterocycles. The highest BCUT2D eigenvalue weighted by Gasteiger charge is 2.02. The monoisotopic (exact) mass is 225 g/mol. The van der Waals surface area contributed by atoms with Crippen LogP contribution in [0.2, 0.25) is 0 Å². The van der Waals surface area contributed by atoms with Gasteiger partial charge in [0.05, 0.1) is 0 Å². The molecule has 0 saturated heterocycles. The molecule has 0 unspecified atom stereocenters. The summed E-state index contributed by atoms with van der Waals surface area (Å²) < 4.78 is 2.11. The van der Waals surface area contributed by atoms with Crippen molar-refractivity contribution in [1.82, 2.24) is 4.57 Å². The van der Waals surface area contributed by atoms with E-state index in [4.69, 9.17) is 11.1 Å². The molecule has 1 heterocycles. The number of hydrogen-bond acceptors (Lipinski definition) is 2. The van der Waals surface area contributed by atoms with Crippen LogP contribution in [0.5, 0.6) is 0 Å². The fourth-order valence-electron chi connectivity index (χ4n) is 1.85. The summed E-state index contributed by atoms with van der Waals surface area (Å²) in [6, 6.07) is 8.11. The summed E-state index contributed by atoms with van der Waals surface area (Å²) in [7, 11) is 0. The summed E-state index contributed by atoms with van der Waals surface area (Å²) in [5, 5.41) is 8.20. The molecule has 17 heavy (non-hydrogen) atoms. The maximum Gasteiger partial charge on any atom is 0.0489 e. The Labute approximate surface area is 100 Å². The van der Waals surface area contributed by atoms with Gasteiger partial charge < -0.3 is 15.7 Å². The maximum absolute atomic E-state index is 7.02. The third-order valence-electron chi connectivity index (χ3n) is 2.70. The molecule has 0 bridgehead atoms. The molecule has 0 aliphatic heterocycles. The van der Waals surface area contributed by atoms with E-state index in [1.54, 1.807) is 6.08 Å². The first kappa shape index (κ1) is 11.2. The largest absolute Gasteiger partial charge is 0.398 e. The number of fused-ring (bicyclic) bond motifs is 1. The number of benzene rings is 1. The van der Waals surface area contributed by atoms with Gasteiger partial charge in [0.2, 0.25) is 0 Å². The van der Waals surface area contributed by atoms with Crippen LogP contribution in [0.1, 0.15) is 5.56 Å². The van der Waals surface area contributed by atoms with Crippen molar-refractivity contribution in [2.24, 2.45) is 5.73 Å². The molecule has 3 heteroatoms. The number of nitrogens with two attached hydrogens (primary N) is 1. The van der Waals surface area contributed by atoms with Crippen LogP contribution in [0.4, 0.5) is 0 Å². The van der Waals surface area contributed by atoms with Gasteiger partial charge in [-0.3, -0.25) is 0 Å². The van der Waals surface area contributed by atoms with E-state index in [1.165, 1.54) is 11.6 Å². The van der Waals surface area contributed by atoms with Gasteiger partial charge in [0.25, 0.3) is 0 Å². The molecule has 2 rings (SSSR count). The number of nitrogens with one attached hydrogen (secondary N) is 1. The Bertz CT molecular complexity index is 591. The van der Waals surface area contributed by atoms with E-state index < -0.39 is 0 Å². The summed E-state index contributed by atoms with van der Waals surface area (Å²) in [5.41, 5.74) is 8.54. The summed E-state index contributed by atoms with van der Waals surface area (Å²) in [5.74, 6) is 0. The molecule has 0 saturated carbocycles. The second-order valence-electron chi connectivity index (χ2n) is 3.82. The molecule has 0 aliphatic rings. The Balaban J connectivity index is 2.54. The highest BCUT2D eigenvalue weighted by atomic mass is 14.9. The van der Waals surface area contributed by atoms with E-state index in [0.717, 1.165) is 17.6 Å². The normalized spacial score (nSPS) is 11.6. The van der Waals surface area contributed by atoms with Crippen LogP contribution >= 0.6 is 0 Å². The minimum absolute atomic E-state index is 0.605. The molecule has 0 fully saturated rings. The third-order valence-corrected chi connectivity index (χ3v) is 2.70. The second-order valence-corrected chi connectivity index (χ2v) is 3.82. The molecular formula is C14H15N3. The van der Waals surface area contributed by atoms with Crippen molar-refractivity contribution >= 4 is 22.8 Å². The van der Waals surface area contributed by atoms with Crippen LogP contribution in [0, 0.1) is 5.41 Å². The quantitative estimate of drug-likeness (QED) is 0.610. The average molecular weight is 225 g/mol. The first-order chi connectivity index (χ1) is 8.26. The lowest BCUT2D eigenvalue weighted by atomic mass is 10.1. The molecular weight excluding hydrogens is 210 g/mol. The van der Waals surface area contributed by atoms with E-state index in [1.807, 2.05) is 30.5 Å². The summed E-state index contributed by atoms with van der Waals surface area (Å²) in [6.07, 6.45) is 6.68. The zero-order chi connectivity index (χ0) is 12.3. The van der Waals surface area contributed by atoms with Crippen molar-refractivity contribution in [2.75, 3.05) is 0 Å². The van der Waals surface area contributed by atoms with Crippen LogP contribution in [-0.2, 0) is 6.54 Å². The zero-order valence-corrected chi connectivity index (χ0v) is 9.56. The molecule has 0 amide bonds. The first-order valence-electron chi connectivity index (χ1n) is 5.42. The average Bonchev–Trinajstić information content (AvgIpc) is 2.73. The van der Waals surface area contributed by atoms with E-state index in [0.29, 0.717) is 5.70 Å². The first-order valence-corrected chi connectivity index (χ1v) is 5.42. The van der Waals surface area contributed by atoms with Gasteiger partial charge in [-0.25, -0.2) is 0 Å². The van der Waals surface area contributed by atoms with Crippen LogP contribution in [0.15, 0.2) is 49.2 Å². The van der Waals surface area contributed by atoms with Gasteiger partial charge in [-0.2, -0.15) is 0 Å². The fraction of sp³-hybridized carbons (Fsp3) is 0.0714. The van der Waals surface area contributed by atoms with Crippen LogP contribution in [0.25, 0.3) is 16.6 Å². The van der Waals surface area contributed by atoms with Gasteiger partial charge in [0, 0.05) is 30.2 Å². The molecule has 1 aromatic carbocycles. The fourth-order valence-corrected chi connectivity index (χ4v) is 1.85. The van der Waals surface area contributed by atoms with Crippen molar-refractivity contribution in [3.63, 3.8) is 0 Å². The topological polar surface area (TPSA) is 54.8 Å². The zero-order valence-electron chi connectivity index (χ0n) is 9.56. The molecule has 0 atom stereocenters. The molecule has 86 valence electrons. The molecule has 0 aliphatic carbocycles. The molecule has 3 N–H and O–H groups in total. The Hall–Kier alpha value is -2.29. The van der Waals surface area contributed by atoms with Gasteiger partial charge in [0.15, 0.2) is 0 Å². The third kappa shape index (κ3) is 2.13. The van der Waals surface area contributed by atoms with Crippen molar-refractivity contribution in [2.45, 2.75) is 6.54 Å². The summed E-state index contributed by atoms with van der Waals surface area (Å²) >= 11 is 0. The van der Waals surface area contributed by atoms with E-state index >= 15 is 0 Å². The lowest BCUT2D eigenvalue weighted by Crippen LogP contribution is -1.98. The Morgan fingerprint density at radius 2 is 2.24 bits per heavy atom. The lowest BCUT2D eigenvalue weighted by Gasteiger charge is -2.04. The minimum atomic E-state index is 0.605. The standard InChI is InChI=1S/C14H15N3/c1-2-8-17-9-6-11-3-4-12(10-14(11)17)13(16)5-7-15/h2-7,9-10,15H,1,8,16H2/b13-5-,15-7?. The predicted molar refractivity (Wildman–Crippen MR) is 73.1 cm³/mol. The predicted octanol–water partition coefficient (Wildman–Crippen LogP) is 2.78. The van der Waals surface area contributed by atoms with E-state index in [9.17, 15) is 0 Å². The molecule has 2 aromatic rings. The van der Waals surface area contributed by atoms with Crippen molar-refractivity contribution in [1.29, 1.82) is 5.41 Å². The highest BCUT2D eigenvalue weighted by Crippen LogP contribution is 2.20. The summed E-state index contributed by atoms with van der Waals surface area (Å²) in [6.45, 7) is 4.52. The van der Waals surface area contributed by atoms with Crippen molar-refractivity contribution in [3.05, 3.63) is 54.8 Å². The van der Waals surface area contributed by atoms with Gasteiger partial charge >= 0.3 is 0 Å². The number of hydrogen-bond donors (Lipinski definition) is 2. The Kier molecular flexibility index (Phi) is 3.10. The minimum Gasteiger partial charge on any atom is -0.398 e. The number of rotatable bonds is 4. The molecule has 3 nitrogen and oxygen atoms in total. The van der Waals surface area contributed by atoms with Gasteiger partial charge in [-0.05, 0) is 29.2 Å². The van der Waals surface area contributed by atoms with Crippen molar-refractivity contribution < 1.29 is 0 Å².